The molecule has 0 spiro atoms. The summed E-state index contributed by atoms with van der Waals surface area (Å²) >= 11 is 5.74. The number of alkyl halides is 3. The van der Waals surface area contributed by atoms with E-state index in [0.29, 0.717) is 0 Å². The Morgan fingerprint density at radius 2 is 2.17 bits per heavy atom. The molecule has 18 heavy (non-hydrogen) atoms. The lowest BCUT2D eigenvalue weighted by Crippen LogP contribution is -2.08. The third-order valence-electron chi connectivity index (χ3n) is 2.18. The first kappa shape index (κ1) is 12.7. The average molecular weight is 275 g/mol. The summed E-state index contributed by atoms with van der Waals surface area (Å²) in [6, 6.07) is 0.876. The minimum absolute atomic E-state index is 0.0585. The number of hydrogen-bond acceptors (Lipinski definition) is 2. The Labute approximate surface area is 105 Å². The largest absolute Gasteiger partial charge is 0.420 e. The molecule has 2 aromatic heterocycles. The predicted octanol–water partition coefficient (Wildman–Crippen LogP) is 2.35. The van der Waals surface area contributed by atoms with Crippen LogP contribution in [0.1, 0.15) is 11.1 Å². The minimum atomic E-state index is -4.55. The van der Waals surface area contributed by atoms with Gasteiger partial charge in [0.2, 0.25) is 0 Å². The number of aliphatic hydroxyl groups is 1. The van der Waals surface area contributed by atoms with Crippen molar-refractivity contribution in [3.05, 3.63) is 34.7 Å². The van der Waals surface area contributed by atoms with Crippen molar-refractivity contribution < 1.29 is 18.3 Å². The number of halogens is 4. The van der Waals surface area contributed by atoms with Gasteiger partial charge in [-0.25, -0.2) is 4.98 Å². The molecular formula is C11H6ClF3N2O. The van der Waals surface area contributed by atoms with E-state index in [4.69, 9.17) is 16.7 Å². The molecule has 2 aromatic rings. The fraction of sp³-hybridized carbons (Fsp3) is 0.182. The smallest absolute Gasteiger partial charge is 0.384 e. The molecule has 0 aromatic carbocycles. The molecule has 0 atom stereocenters. The standard InChI is InChI=1S/C11H6ClF3N2O/c12-9-5-16-10-8(11(13,14)15)4-7(2-1-3-18)6-17(9)10/h4-6,18H,3H2. The Bertz CT molecular complexity index is 652. The summed E-state index contributed by atoms with van der Waals surface area (Å²) in [5.74, 6) is 4.69. The summed E-state index contributed by atoms with van der Waals surface area (Å²) in [4.78, 5) is 3.62. The van der Waals surface area contributed by atoms with Crippen LogP contribution in [0, 0.1) is 11.8 Å². The van der Waals surface area contributed by atoms with Crippen LogP contribution in [0.15, 0.2) is 18.5 Å². The minimum Gasteiger partial charge on any atom is -0.384 e. The Morgan fingerprint density at radius 3 is 2.78 bits per heavy atom. The molecule has 3 nitrogen and oxygen atoms in total. The van der Waals surface area contributed by atoms with Crippen LogP contribution >= 0.6 is 11.6 Å². The quantitative estimate of drug-likeness (QED) is 0.749. The van der Waals surface area contributed by atoms with Gasteiger partial charge in [0.15, 0.2) is 0 Å². The van der Waals surface area contributed by atoms with Crippen LogP contribution in [-0.2, 0) is 6.18 Å². The number of aliphatic hydroxyl groups excluding tert-OH is 1. The van der Waals surface area contributed by atoms with Crippen LogP contribution in [0.4, 0.5) is 13.2 Å². The fourth-order valence-corrected chi connectivity index (χ4v) is 1.65. The summed E-state index contributed by atoms with van der Waals surface area (Å²) in [6.45, 7) is -0.433. The van der Waals surface area contributed by atoms with Crippen LogP contribution in [-0.4, -0.2) is 21.1 Å². The highest BCUT2D eigenvalue weighted by atomic mass is 35.5. The second-order valence-corrected chi connectivity index (χ2v) is 3.76. The summed E-state index contributed by atoms with van der Waals surface area (Å²) in [6.07, 6.45) is -2.08. The van der Waals surface area contributed by atoms with Crippen molar-refractivity contribution in [2.75, 3.05) is 6.61 Å². The molecule has 0 aliphatic rings. The number of imidazole rings is 1. The molecule has 0 aliphatic heterocycles. The molecule has 2 heterocycles. The molecule has 0 aliphatic carbocycles. The number of rotatable bonds is 0. The van der Waals surface area contributed by atoms with Crippen molar-refractivity contribution in [3.63, 3.8) is 0 Å². The van der Waals surface area contributed by atoms with Crippen molar-refractivity contribution >= 4 is 17.2 Å². The van der Waals surface area contributed by atoms with E-state index in [-0.39, 0.29) is 16.4 Å². The van der Waals surface area contributed by atoms with E-state index in [9.17, 15) is 13.2 Å². The van der Waals surface area contributed by atoms with Gasteiger partial charge in [0.1, 0.15) is 17.4 Å². The SMILES string of the molecule is OCC#Cc1cc(C(F)(F)F)c2ncc(Cl)n2c1. The number of aromatic nitrogens is 2. The van der Waals surface area contributed by atoms with Gasteiger partial charge in [-0.3, -0.25) is 4.40 Å². The third kappa shape index (κ3) is 2.28. The normalized spacial score (nSPS) is 11.4. The van der Waals surface area contributed by atoms with E-state index in [1.165, 1.54) is 6.20 Å². The zero-order chi connectivity index (χ0) is 13.3. The van der Waals surface area contributed by atoms with Crippen molar-refractivity contribution in [2.24, 2.45) is 0 Å². The first-order valence-corrected chi connectivity index (χ1v) is 5.15. The van der Waals surface area contributed by atoms with E-state index in [1.54, 1.807) is 0 Å². The highest BCUT2D eigenvalue weighted by Crippen LogP contribution is 2.33. The van der Waals surface area contributed by atoms with Gasteiger partial charge in [-0.2, -0.15) is 13.2 Å². The Balaban J connectivity index is 2.74. The van der Waals surface area contributed by atoms with Gasteiger partial charge in [0, 0.05) is 11.8 Å². The number of hydrogen-bond donors (Lipinski definition) is 1. The zero-order valence-electron chi connectivity index (χ0n) is 8.79. The van der Waals surface area contributed by atoms with Crippen LogP contribution in [0.25, 0.3) is 5.65 Å². The van der Waals surface area contributed by atoms with Crippen LogP contribution in [0.2, 0.25) is 5.15 Å². The van der Waals surface area contributed by atoms with E-state index in [1.807, 2.05) is 0 Å². The molecule has 1 N–H and O–H groups in total. The third-order valence-corrected chi connectivity index (χ3v) is 2.46. The van der Waals surface area contributed by atoms with Gasteiger partial charge in [0.05, 0.1) is 11.8 Å². The van der Waals surface area contributed by atoms with Crippen molar-refractivity contribution in [2.45, 2.75) is 6.18 Å². The summed E-state index contributed by atoms with van der Waals surface area (Å²) in [7, 11) is 0. The predicted molar refractivity (Wildman–Crippen MR) is 59.2 cm³/mol. The van der Waals surface area contributed by atoms with E-state index < -0.39 is 18.3 Å². The van der Waals surface area contributed by atoms with Gasteiger partial charge in [-0.1, -0.05) is 23.4 Å². The Morgan fingerprint density at radius 1 is 1.44 bits per heavy atom. The van der Waals surface area contributed by atoms with Gasteiger partial charge in [0.25, 0.3) is 0 Å². The second kappa shape index (κ2) is 4.52. The van der Waals surface area contributed by atoms with Gasteiger partial charge in [-0.15, -0.1) is 0 Å². The molecule has 2 rings (SSSR count). The first-order chi connectivity index (χ1) is 8.43. The molecular weight excluding hydrogens is 269 g/mol. The summed E-state index contributed by atoms with van der Waals surface area (Å²) in [5.41, 5.74) is -1.09. The molecule has 0 bridgehead atoms. The molecule has 94 valence electrons. The lowest BCUT2D eigenvalue weighted by Gasteiger charge is -2.09. The number of pyridine rings is 1. The second-order valence-electron chi connectivity index (χ2n) is 3.37. The average Bonchev–Trinajstić information content (AvgIpc) is 2.66. The lowest BCUT2D eigenvalue weighted by atomic mass is 10.2. The summed E-state index contributed by atoms with van der Waals surface area (Å²) < 4.78 is 39.6. The van der Waals surface area contributed by atoms with E-state index in [0.717, 1.165) is 16.7 Å². The van der Waals surface area contributed by atoms with E-state index in [2.05, 4.69) is 16.8 Å². The van der Waals surface area contributed by atoms with Crippen LogP contribution < -0.4 is 0 Å². The maximum Gasteiger partial charge on any atom is 0.420 e. The zero-order valence-corrected chi connectivity index (χ0v) is 9.55. The van der Waals surface area contributed by atoms with Gasteiger partial charge in [-0.05, 0) is 6.07 Å². The van der Waals surface area contributed by atoms with Crippen LogP contribution in [0.5, 0.6) is 0 Å². The highest BCUT2D eigenvalue weighted by molar-refractivity contribution is 6.29. The monoisotopic (exact) mass is 274 g/mol. The summed E-state index contributed by atoms with van der Waals surface area (Å²) in [5, 5.41) is 8.60. The highest BCUT2D eigenvalue weighted by Gasteiger charge is 2.34. The fourth-order valence-electron chi connectivity index (χ4n) is 1.48. The van der Waals surface area contributed by atoms with Crippen molar-refractivity contribution in [1.82, 2.24) is 9.38 Å². The van der Waals surface area contributed by atoms with Gasteiger partial charge >= 0.3 is 6.18 Å². The molecule has 0 saturated carbocycles. The molecule has 0 saturated heterocycles. The number of nitrogens with zero attached hydrogens (tertiary/aromatic N) is 2. The number of fused-ring (bicyclic) bond motifs is 1. The maximum atomic E-state index is 12.8. The molecule has 0 amide bonds. The molecule has 0 radical (unpaired) electrons. The van der Waals surface area contributed by atoms with Gasteiger partial charge < -0.3 is 5.11 Å². The molecule has 7 heteroatoms. The Hall–Kier alpha value is -1.71. The Kier molecular flexibility index (Phi) is 3.20. The molecule has 0 unspecified atom stereocenters. The van der Waals surface area contributed by atoms with Crippen LogP contribution in [0.3, 0.4) is 0 Å². The van der Waals surface area contributed by atoms with Crippen molar-refractivity contribution in [3.8, 4) is 11.8 Å². The maximum absolute atomic E-state index is 12.8. The first-order valence-electron chi connectivity index (χ1n) is 4.77. The topological polar surface area (TPSA) is 37.5 Å². The van der Waals surface area contributed by atoms with Crippen molar-refractivity contribution in [1.29, 1.82) is 0 Å². The lowest BCUT2D eigenvalue weighted by molar-refractivity contribution is -0.136. The molecule has 0 fully saturated rings. The van der Waals surface area contributed by atoms with E-state index >= 15 is 0 Å².